The van der Waals surface area contributed by atoms with E-state index < -0.39 is 0 Å². The van der Waals surface area contributed by atoms with Crippen LogP contribution in [-0.4, -0.2) is 22.6 Å². The van der Waals surface area contributed by atoms with Crippen LogP contribution in [0.1, 0.15) is 23.6 Å². The van der Waals surface area contributed by atoms with E-state index in [1.54, 1.807) is 24.3 Å². The molecule has 4 rings (SSSR count). The first-order valence-corrected chi connectivity index (χ1v) is 10.3. The summed E-state index contributed by atoms with van der Waals surface area (Å²) in [4.78, 5) is 39.3. The molecule has 3 aromatic carbocycles. The first-order valence-electron chi connectivity index (χ1n) is 10.3. The van der Waals surface area contributed by atoms with Crippen LogP contribution in [0, 0.1) is 6.92 Å². The number of nitrogens with zero attached hydrogens (tertiary/aromatic N) is 1. The molecule has 0 atom stereocenters. The Bertz CT molecular complexity index is 1210. The van der Waals surface area contributed by atoms with E-state index in [1.807, 2.05) is 61.5 Å². The third kappa shape index (κ3) is 4.44. The Morgan fingerprint density at radius 1 is 0.844 bits per heavy atom. The number of rotatable bonds is 6. The third-order valence-corrected chi connectivity index (χ3v) is 5.13. The van der Waals surface area contributed by atoms with Crippen LogP contribution >= 0.6 is 0 Å². The van der Waals surface area contributed by atoms with E-state index in [2.05, 4.69) is 10.6 Å². The van der Waals surface area contributed by atoms with Crippen molar-refractivity contribution in [1.29, 1.82) is 0 Å². The molecule has 1 aliphatic heterocycles. The standard InChI is InChI=1S/C26H23N3O3/c1-17-7-6-10-22(15-17)28-24-23(20-11-13-21(14-12-20)27-18(2)30)25(31)29(26(24)32)16-19-8-4-3-5-9-19/h3-15,28H,16H2,1-2H3,(H,27,30). The Morgan fingerprint density at radius 2 is 1.56 bits per heavy atom. The van der Waals surface area contributed by atoms with Crippen molar-refractivity contribution in [3.8, 4) is 0 Å². The van der Waals surface area contributed by atoms with Gasteiger partial charge in [-0.05, 0) is 47.9 Å². The molecular weight excluding hydrogens is 402 g/mol. The van der Waals surface area contributed by atoms with E-state index in [0.717, 1.165) is 16.8 Å². The molecule has 0 aromatic heterocycles. The predicted octanol–water partition coefficient (Wildman–Crippen LogP) is 4.35. The fourth-order valence-electron chi connectivity index (χ4n) is 3.66. The Labute approximate surface area is 186 Å². The summed E-state index contributed by atoms with van der Waals surface area (Å²) in [7, 11) is 0. The second-order valence-corrected chi connectivity index (χ2v) is 7.69. The van der Waals surface area contributed by atoms with Crippen LogP contribution in [0.25, 0.3) is 5.57 Å². The normalized spacial score (nSPS) is 13.5. The van der Waals surface area contributed by atoms with E-state index in [9.17, 15) is 14.4 Å². The maximum absolute atomic E-state index is 13.4. The number of carbonyl (C=O) groups is 3. The highest BCUT2D eigenvalue weighted by Gasteiger charge is 2.39. The summed E-state index contributed by atoms with van der Waals surface area (Å²) in [6.07, 6.45) is 0. The second kappa shape index (κ2) is 8.89. The molecule has 3 amide bonds. The molecule has 0 saturated carbocycles. The highest BCUT2D eigenvalue weighted by atomic mass is 16.2. The van der Waals surface area contributed by atoms with Crippen LogP contribution in [-0.2, 0) is 20.9 Å². The molecule has 0 unspecified atom stereocenters. The van der Waals surface area contributed by atoms with Crippen molar-refractivity contribution in [2.24, 2.45) is 0 Å². The van der Waals surface area contributed by atoms with Gasteiger partial charge in [0.15, 0.2) is 0 Å². The summed E-state index contributed by atoms with van der Waals surface area (Å²) in [5, 5.41) is 5.88. The Hall–Kier alpha value is -4.19. The summed E-state index contributed by atoms with van der Waals surface area (Å²) in [6.45, 7) is 3.58. The lowest BCUT2D eigenvalue weighted by atomic mass is 10.0. The summed E-state index contributed by atoms with van der Waals surface area (Å²) in [6, 6.07) is 23.9. The number of benzene rings is 3. The number of nitrogens with one attached hydrogen (secondary N) is 2. The maximum atomic E-state index is 13.4. The average Bonchev–Trinajstić information content (AvgIpc) is 2.99. The minimum absolute atomic E-state index is 0.181. The molecule has 0 spiro atoms. The fourth-order valence-corrected chi connectivity index (χ4v) is 3.66. The van der Waals surface area contributed by atoms with Gasteiger partial charge in [-0.2, -0.15) is 0 Å². The molecule has 1 aliphatic rings. The monoisotopic (exact) mass is 425 g/mol. The van der Waals surface area contributed by atoms with Crippen molar-refractivity contribution in [1.82, 2.24) is 4.90 Å². The van der Waals surface area contributed by atoms with Crippen molar-refractivity contribution >= 4 is 34.7 Å². The first kappa shape index (κ1) is 21.1. The molecule has 0 bridgehead atoms. The van der Waals surface area contributed by atoms with E-state index in [0.29, 0.717) is 16.8 Å². The van der Waals surface area contributed by atoms with Gasteiger partial charge in [0.1, 0.15) is 5.70 Å². The number of carbonyl (C=O) groups excluding carboxylic acids is 3. The summed E-state index contributed by atoms with van der Waals surface area (Å²) < 4.78 is 0. The second-order valence-electron chi connectivity index (χ2n) is 7.69. The van der Waals surface area contributed by atoms with Crippen LogP contribution in [0.5, 0.6) is 0 Å². The molecule has 0 saturated heterocycles. The van der Waals surface area contributed by atoms with Gasteiger partial charge in [0.2, 0.25) is 5.91 Å². The molecule has 160 valence electrons. The molecule has 0 aliphatic carbocycles. The Morgan fingerprint density at radius 3 is 2.22 bits per heavy atom. The molecule has 32 heavy (non-hydrogen) atoms. The van der Waals surface area contributed by atoms with Gasteiger partial charge in [-0.25, -0.2) is 0 Å². The van der Waals surface area contributed by atoms with Crippen LogP contribution < -0.4 is 10.6 Å². The van der Waals surface area contributed by atoms with E-state index in [1.165, 1.54) is 11.8 Å². The lowest BCUT2D eigenvalue weighted by Gasteiger charge is -2.15. The van der Waals surface area contributed by atoms with Crippen molar-refractivity contribution in [3.05, 3.63) is 101 Å². The number of hydrogen-bond acceptors (Lipinski definition) is 4. The van der Waals surface area contributed by atoms with Gasteiger partial charge in [-0.1, -0.05) is 54.6 Å². The zero-order valence-electron chi connectivity index (χ0n) is 17.9. The number of anilines is 2. The van der Waals surface area contributed by atoms with E-state index in [-0.39, 0.29) is 30.0 Å². The van der Waals surface area contributed by atoms with Gasteiger partial charge in [0.25, 0.3) is 11.8 Å². The highest BCUT2D eigenvalue weighted by Crippen LogP contribution is 2.32. The largest absolute Gasteiger partial charge is 0.350 e. The van der Waals surface area contributed by atoms with Crippen LogP contribution in [0.15, 0.2) is 84.6 Å². The van der Waals surface area contributed by atoms with Crippen molar-refractivity contribution in [3.63, 3.8) is 0 Å². The molecule has 6 nitrogen and oxygen atoms in total. The molecular formula is C26H23N3O3. The minimum atomic E-state index is -0.374. The molecule has 1 heterocycles. The quantitative estimate of drug-likeness (QED) is 0.576. The first-order chi connectivity index (χ1) is 15.4. The Kier molecular flexibility index (Phi) is 5.85. The average molecular weight is 425 g/mol. The zero-order chi connectivity index (χ0) is 22.7. The van der Waals surface area contributed by atoms with Gasteiger partial charge in [0, 0.05) is 18.3 Å². The van der Waals surface area contributed by atoms with E-state index in [4.69, 9.17) is 0 Å². The predicted molar refractivity (Wildman–Crippen MR) is 124 cm³/mol. The smallest absolute Gasteiger partial charge is 0.278 e. The van der Waals surface area contributed by atoms with Crippen LogP contribution in [0.2, 0.25) is 0 Å². The maximum Gasteiger partial charge on any atom is 0.278 e. The van der Waals surface area contributed by atoms with Gasteiger partial charge in [-0.15, -0.1) is 0 Å². The van der Waals surface area contributed by atoms with Crippen molar-refractivity contribution in [2.75, 3.05) is 10.6 Å². The summed E-state index contributed by atoms with van der Waals surface area (Å²) in [5.74, 6) is -0.914. The van der Waals surface area contributed by atoms with Gasteiger partial charge < -0.3 is 10.6 Å². The number of imide groups is 1. The SMILES string of the molecule is CC(=O)Nc1ccc(C2=C(Nc3cccc(C)c3)C(=O)N(Cc3ccccc3)C2=O)cc1. The topological polar surface area (TPSA) is 78.5 Å². The highest BCUT2D eigenvalue weighted by molar-refractivity contribution is 6.36. The van der Waals surface area contributed by atoms with Gasteiger partial charge in [-0.3, -0.25) is 19.3 Å². The number of aryl methyl sites for hydroxylation is 1. The molecule has 6 heteroatoms. The molecule has 0 fully saturated rings. The third-order valence-electron chi connectivity index (χ3n) is 5.13. The van der Waals surface area contributed by atoms with Crippen LogP contribution in [0.3, 0.4) is 0 Å². The van der Waals surface area contributed by atoms with E-state index >= 15 is 0 Å². The lowest BCUT2D eigenvalue weighted by Crippen LogP contribution is -2.31. The summed E-state index contributed by atoms with van der Waals surface area (Å²) >= 11 is 0. The summed E-state index contributed by atoms with van der Waals surface area (Å²) in [5.41, 5.74) is 4.40. The van der Waals surface area contributed by atoms with Gasteiger partial charge in [0.05, 0.1) is 12.1 Å². The lowest BCUT2D eigenvalue weighted by molar-refractivity contribution is -0.137. The fraction of sp³-hybridized carbons (Fsp3) is 0.115. The zero-order valence-corrected chi connectivity index (χ0v) is 17.9. The molecule has 0 radical (unpaired) electrons. The molecule has 3 aromatic rings. The van der Waals surface area contributed by atoms with Crippen LogP contribution in [0.4, 0.5) is 11.4 Å². The number of hydrogen-bond donors (Lipinski definition) is 2. The van der Waals surface area contributed by atoms with Gasteiger partial charge >= 0.3 is 0 Å². The van der Waals surface area contributed by atoms with Crippen molar-refractivity contribution < 1.29 is 14.4 Å². The molecule has 2 N–H and O–H groups in total. The van der Waals surface area contributed by atoms with Crippen molar-refractivity contribution in [2.45, 2.75) is 20.4 Å². The Balaban J connectivity index is 1.72. The minimum Gasteiger partial charge on any atom is -0.350 e. The number of amides is 3.